The Morgan fingerprint density at radius 3 is 2.35 bits per heavy atom. The molecule has 4 heteroatoms. The molecule has 0 radical (unpaired) electrons. The molecule has 0 saturated heterocycles. The summed E-state index contributed by atoms with van der Waals surface area (Å²) in [6.45, 7) is 7.71. The van der Waals surface area contributed by atoms with Gasteiger partial charge in [0.05, 0.1) is 13.2 Å². The number of rotatable bonds is 9. The van der Waals surface area contributed by atoms with E-state index >= 15 is 0 Å². The Labute approximate surface area is 183 Å². The summed E-state index contributed by atoms with van der Waals surface area (Å²) in [5, 5.41) is 9.11. The molecule has 3 rings (SSSR count). The molecule has 0 amide bonds. The molecule has 0 bridgehead atoms. The predicted octanol–water partition coefficient (Wildman–Crippen LogP) is 5.36. The molecule has 31 heavy (non-hydrogen) atoms. The molecule has 3 aromatic rings. The first-order valence-electron chi connectivity index (χ1n) is 10.3. The minimum Gasteiger partial charge on any atom is -0.491 e. The van der Waals surface area contributed by atoms with E-state index in [9.17, 15) is 4.79 Å². The van der Waals surface area contributed by atoms with E-state index in [2.05, 4.69) is 49.9 Å². The lowest BCUT2D eigenvalue weighted by atomic mass is 9.94. The van der Waals surface area contributed by atoms with Gasteiger partial charge >= 0.3 is 5.97 Å². The van der Waals surface area contributed by atoms with Gasteiger partial charge in [-0.25, -0.2) is 4.79 Å². The number of hydrogen-bond acceptors (Lipinski definition) is 4. The van der Waals surface area contributed by atoms with E-state index in [4.69, 9.17) is 14.6 Å². The van der Waals surface area contributed by atoms with Crippen molar-refractivity contribution >= 4 is 5.97 Å². The molecule has 3 aromatic carbocycles. The molecule has 160 valence electrons. The molecule has 0 spiro atoms. The molecule has 0 atom stereocenters. The molecule has 0 aliphatic carbocycles. The van der Waals surface area contributed by atoms with Gasteiger partial charge in [-0.2, -0.15) is 0 Å². The van der Waals surface area contributed by atoms with Crippen molar-refractivity contribution in [3.63, 3.8) is 0 Å². The number of esters is 1. The Balaban J connectivity index is 1.86. The molecule has 0 aliphatic rings. The third-order valence-electron chi connectivity index (χ3n) is 5.01. The summed E-state index contributed by atoms with van der Waals surface area (Å²) < 4.78 is 10.9. The van der Waals surface area contributed by atoms with Crippen LogP contribution in [0.5, 0.6) is 5.75 Å². The lowest BCUT2D eigenvalue weighted by molar-refractivity contribution is -0.138. The van der Waals surface area contributed by atoms with Crippen LogP contribution in [0, 0.1) is 6.92 Å². The first kappa shape index (κ1) is 22.3. The van der Waals surface area contributed by atoms with Crippen molar-refractivity contribution in [2.75, 3.05) is 19.8 Å². The van der Waals surface area contributed by atoms with Crippen LogP contribution in [0.3, 0.4) is 0 Å². The van der Waals surface area contributed by atoms with Crippen LogP contribution in [0.1, 0.15) is 18.1 Å². The van der Waals surface area contributed by atoms with Crippen molar-refractivity contribution in [1.82, 2.24) is 0 Å². The molecular weight excluding hydrogens is 388 g/mol. The lowest BCUT2D eigenvalue weighted by Gasteiger charge is -2.15. The molecule has 0 aliphatic heterocycles. The number of aryl methyl sites for hydroxylation is 1. The average molecular weight is 417 g/mol. The number of benzene rings is 3. The van der Waals surface area contributed by atoms with Crippen LogP contribution in [0.25, 0.3) is 22.3 Å². The number of aliphatic hydroxyl groups is 1. The second-order valence-electron chi connectivity index (χ2n) is 7.46. The maximum absolute atomic E-state index is 11.7. The van der Waals surface area contributed by atoms with Gasteiger partial charge in [-0.05, 0) is 59.4 Å². The topological polar surface area (TPSA) is 55.8 Å². The largest absolute Gasteiger partial charge is 0.491 e. The lowest BCUT2D eigenvalue weighted by Crippen LogP contribution is -2.10. The number of ether oxygens (including phenoxy) is 2. The number of carbonyl (C=O) groups excluding carboxylic acids is 1. The van der Waals surface area contributed by atoms with Gasteiger partial charge in [-0.3, -0.25) is 0 Å². The van der Waals surface area contributed by atoms with Crippen molar-refractivity contribution in [3.05, 3.63) is 90.0 Å². The molecule has 4 nitrogen and oxygen atoms in total. The highest BCUT2D eigenvalue weighted by Crippen LogP contribution is 2.32. The third kappa shape index (κ3) is 5.83. The quantitative estimate of drug-likeness (QED) is 0.377. The Kier molecular flexibility index (Phi) is 7.63. The molecule has 0 fully saturated rings. The minimum atomic E-state index is -0.402. The van der Waals surface area contributed by atoms with Crippen LogP contribution in [0.15, 0.2) is 78.9 Å². The molecule has 1 N–H and O–H groups in total. The fraction of sp³-hybridized carbons (Fsp3) is 0.222. The second-order valence-corrected chi connectivity index (χ2v) is 7.46. The number of aliphatic hydroxyl groups excluding tert-OH is 1. The maximum atomic E-state index is 11.7. The van der Waals surface area contributed by atoms with Crippen molar-refractivity contribution < 1.29 is 19.4 Å². The molecule has 0 saturated carbocycles. The van der Waals surface area contributed by atoms with Gasteiger partial charge in [-0.15, -0.1) is 0 Å². The highest BCUT2D eigenvalue weighted by atomic mass is 16.5. The van der Waals surface area contributed by atoms with Crippen LogP contribution in [-0.2, 0) is 16.0 Å². The highest BCUT2D eigenvalue weighted by molar-refractivity contribution is 5.86. The van der Waals surface area contributed by atoms with Crippen molar-refractivity contribution in [3.8, 4) is 28.0 Å². The van der Waals surface area contributed by atoms with E-state index in [0.29, 0.717) is 17.7 Å². The summed E-state index contributed by atoms with van der Waals surface area (Å²) >= 11 is 0. The van der Waals surface area contributed by atoms with Gasteiger partial charge in [0.15, 0.2) is 0 Å². The SMILES string of the molecule is C=C(C)C(=O)OCCc1cc(-c2ccc(-c3ccccc3)cc2C)ccc1OCCO. The fourth-order valence-corrected chi connectivity index (χ4v) is 3.41. The Bertz CT molecular complexity index is 1050. The van der Waals surface area contributed by atoms with Crippen LogP contribution >= 0.6 is 0 Å². The summed E-state index contributed by atoms with van der Waals surface area (Å²) in [5.74, 6) is 0.282. The van der Waals surface area contributed by atoms with Crippen LogP contribution in [-0.4, -0.2) is 30.9 Å². The van der Waals surface area contributed by atoms with E-state index < -0.39 is 5.97 Å². The summed E-state index contributed by atoms with van der Waals surface area (Å²) in [6, 6.07) is 22.7. The van der Waals surface area contributed by atoms with Gasteiger partial charge in [0, 0.05) is 12.0 Å². The van der Waals surface area contributed by atoms with Gasteiger partial charge < -0.3 is 14.6 Å². The van der Waals surface area contributed by atoms with Crippen molar-refractivity contribution in [1.29, 1.82) is 0 Å². The second kappa shape index (κ2) is 10.6. The molecular formula is C27H28O4. The monoisotopic (exact) mass is 416 g/mol. The molecule has 0 aromatic heterocycles. The summed E-state index contributed by atoms with van der Waals surface area (Å²) in [6.07, 6.45) is 0.509. The Morgan fingerprint density at radius 1 is 0.935 bits per heavy atom. The van der Waals surface area contributed by atoms with Crippen LogP contribution in [0.2, 0.25) is 0 Å². The number of carbonyl (C=O) groups is 1. The Morgan fingerprint density at radius 2 is 1.68 bits per heavy atom. The first-order valence-corrected chi connectivity index (χ1v) is 10.3. The summed E-state index contributed by atoms with van der Waals surface area (Å²) in [4.78, 5) is 11.7. The van der Waals surface area contributed by atoms with E-state index in [0.717, 1.165) is 16.7 Å². The van der Waals surface area contributed by atoms with Crippen molar-refractivity contribution in [2.45, 2.75) is 20.3 Å². The molecule has 0 heterocycles. The van der Waals surface area contributed by atoms with E-state index in [-0.39, 0.29) is 19.8 Å². The smallest absolute Gasteiger partial charge is 0.333 e. The van der Waals surface area contributed by atoms with E-state index in [1.165, 1.54) is 16.7 Å². The minimum absolute atomic E-state index is 0.0636. The van der Waals surface area contributed by atoms with Crippen LogP contribution < -0.4 is 4.74 Å². The van der Waals surface area contributed by atoms with Gasteiger partial charge in [0.1, 0.15) is 12.4 Å². The van der Waals surface area contributed by atoms with E-state index in [1.54, 1.807) is 6.92 Å². The van der Waals surface area contributed by atoms with Gasteiger partial charge in [0.2, 0.25) is 0 Å². The normalized spacial score (nSPS) is 10.5. The zero-order valence-electron chi connectivity index (χ0n) is 18.1. The third-order valence-corrected chi connectivity index (χ3v) is 5.01. The van der Waals surface area contributed by atoms with Crippen LogP contribution in [0.4, 0.5) is 0 Å². The van der Waals surface area contributed by atoms with Gasteiger partial charge in [0.25, 0.3) is 0 Å². The summed E-state index contributed by atoms with van der Waals surface area (Å²) in [5.41, 5.74) is 7.03. The van der Waals surface area contributed by atoms with Crippen molar-refractivity contribution in [2.24, 2.45) is 0 Å². The molecule has 0 unspecified atom stereocenters. The Hall–Kier alpha value is -3.37. The zero-order valence-corrected chi connectivity index (χ0v) is 18.1. The maximum Gasteiger partial charge on any atom is 0.333 e. The van der Waals surface area contributed by atoms with E-state index in [1.807, 2.05) is 30.3 Å². The summed E-state index contributed by atoms with van der Waals surface area (Å²) in [7, 11) is 0. The zero-order chi connectivity index (χ0) is 22.2. The fourth-order valence-electron chi connectivity index (χ4n) is 3.41. The first-order chi connectivity index (χ1) is 15.0. The number of hydrogen-bond donors (Lipinski definition) is 1. The standard InChI is InChI=1S/C27H28O4/c1-19(2)27(29)31-15-13-24-18-23(10-12-26(24)30-16-14-28)25-11-9-22(17-20(25)3)21-7-5-4-6-8-21/h4-12,17-18,28H,1,13-16H2,2-3H3. The van der Waals surface area contributed by atoms with Gasteiger partial charge in [-0.1, -0.05) is 61.2 Å². The predicted molar refractivity (Wildman–Crippen MR) is 124 cm³/mol. The highest BCUT2D eigenvalue weighted by Gasteiger charge is 2.11. The average Bonchev–Trinajstić information content (AvgIpc) is 2.78.